The van der Waals surface area contributed by atoms with Crippen molar-refractivity contribution >= 4 is 5.82 Å². The number of hydrogen-bond donors (Lipinski definition) is 0. The summed E-state index contributed by atoms with van der Waals surface area (Å²) in [4.78, 5) is 8.94. The standard InChI is InChI=1S/C13H18N4/c1-16(2)10-12-4-3-7-17(12)13-6-5-11(8-14)9-15-13/h5-6,9,12H,3-4,7,10H2,1-2H3. The largest absolute Gasteiger partial charge is 0.352 e. The predicted octanol–water partition coefficient (Wildman–Crippen LogP) is 1.48. The van der Waals surface area contributed by atoms with E-state index >= 15 is 0 Å². The second kappa shape index (κ2) is 5.15. The topological polar surface area (TPSA) is 43.2 Å². The van der Waals surface area contributed by atoms with E-state index in [-0.39, 0.29) is 0 Å². The van der Waals surface area contributed by atoms with Crippen LogP contribution in [0.15, 0.2) is 18.3 Å². The molecule has 0 saturated carbocycles. The molecule has 4 nitrogen and oxygen atoms in total. The Hall–Kier alpha value is -1.60. The molecule has 90 valence electrons. The maximum atomic E-state index is 8.75. The maximum Gasteiger partial charge on any atom is 0.128 e. The molecule has 4 heteroatoms. The second-order valence-electron chi connectivity index (χ2n) is 4.77. The molecule has 0 radical (unpaired) electrons. The molecule has 0 amide bonds. The second-order valence-corrected chi connectivity index (χ2v) is 4.77. The predicted molar refractivity (Wildman–Crippen MR) is 67.9 cm³/mol. The van der Waals surface area contributed by atoms with Crippen molar-refractivity contribution in [2.75, 3.05) is 32.1 Å². The SMILES string of the molecule is CN(C)CC1CCCN1c1ccc(C#N)cn1. The molecule has 17 heavy (non-hydrogen) atoms. The summed E-state index contributed by atoms with van der Waals surface area (Å²) < 4.78 is 0. The number of pyridine rings is 1. The van der Waals surface area contributed by atoms with E-state index < -0.39 is 0 Å². The minimum Gasteiger partial charge on any atom is -0.352 e. The normalized spacial score (nSPS) is 19.6. The molecular formula is C13H18N4. The molecule has 1 atom stereocenters. The summed E-state index contributed by atoms with van der Waals surface area (Å²) in [6.07, 6.45) is 4.10. The molecule has 2 rings (SSSR count). The van der Waals surface area contributed by atoms with Crippen LogP contribution in [0.25, 0.3) is 0 Å². The van der Waals surface area contributed by atoms with Gasteiger partial charge in [0.1, 0.15) is 11.9 Å². The number of hydrogen-bond acceptors (Lipinski definition) is 4. The quantitative estimate of drug-likeness (QED) is 0.789. The van der Waals surface area contributed by atoms with E-state index in [1.807, 2.05) is 12.1 Å². The Bertz CT molecular complexity index is 404. The van der Waals surface area contributed by atoms with Crippen LogP contribution in [0.1, 0.15) is 18.4 Å². The number of nitriles is 1. The highest BCUT2D eigenvalue weighted by molar-refractivity contribution is 5.44. The fourth-order valence-corrected chi connectivity index (χ4v) is 2.37. The van der Waals surface area contributed by atoms with Crippen molar-refractivity contribution in [1.29, 1.82) is 5.26 Å². The molecule has 1 saturated heterocycles. The third-order valence-electron chi connectivity index (χ3n) is 3.12. The van der Waals surface area contributed by atoms with Gasteiger partial charge in [0, 0.05) is 25.3 Å². The van der Waals surface area contributed by atoms with Gasteiger partial charge in [-0.2, -0.15) is 5.26 Å². The third kappa shape index (κ3) is 2.75. The van der Waals surface area contributed by atoms with E-state index in [0.29, 0.717) is 11.6 Å². The molecule has 0 N–H and O–H groups in total. The molecule has 1 aromatic rings. The highest BCUT2D eigenvalue weighted by Crippen LogP contribution is 2.24. The summed E-state index contributed by atoms with van der Waals surface area (Å²) in [7, 11) is 4.20. The van der Waals surface area contributed by atoms with Crippen molar-refractivity contribution in [3.05, 3.63) is 23.9 Å². The van der Waals surface area contributed by atoms with E-state index in [9.17, 15) is 0 Å². The van der Waals surface area contributed by atoms with Gasteiger partial charge in [-0.05, 0) is 39.1 Å². The van der Waals surface area contributed by atoms with Crippen LogP contribution in [-0.4, -0.2) is 43.1 Å². The Morgan fingerprint density at radius 2 is 2.35 bits per heavy atom. The Morgan fingerprint density at radius 3 is 2.94 bits per heavy atom. The maximum absolute atomic E-state index is 8.75. The van der Waals surface area contributed by atoms with Gasteiger partial charge in [-0.3, -0.25) is 0 Å². The Labute approximate surface area is 102 Å². The first-order valence-corrected chi connectivity index (χ1v) is 5.98. The van der Waals surface area contributed by atoms with Gasteiger partial charge in [0.05, 0.1) is 5.56 Å². The summed E-state index contributed by atoms with van der Waals surface area (Å²) in [5.41, 5.74) is 0.622. The summed E-state index contributed by atoms with van der Waals surface area (Å²) in [6.45, 7) is 2.12. The van der Waals surface area contributed by atoms with Crippen LogP contribution < -0.4 is 4.90 Å². The number of likely N-dealkylation sites (N-methyl/N-ethyl adjacent to an activating group) is 1. The highest BCUT2D eigenvalue weighted by atomic mass is 15.3. The van der Waals surface area contributed by atoms with Gasteiger partial charge < -0.3 is 9.80 Å². The molecule has 2 heterocycles. The smallest absolute Gasteiger partial charge is 0.128 e. The first-order valence-electron chi connectivity index (χ1n) is 5.98. The number of rotatable bonds is 3. The van der Waals surface area contributed by atoms with Gasteiger partial charge in [0.2, 0.25) is 0 Å². The zero-order valence-corrected chi connectivity index (χ0v) is 10.4. The number of nitrogens with zero attached hydrogens (tertiary/aromatic N) is 4. The summed E-state index contributed by atoms with van der Waals surface area (Å²) >= 11 is 0. The molecule has 0 aliphatic carbocycles. The van der Waals surface area contributed by atoms with Crippen molar-refractivity contribution in [2.24, 2.45) is 0 Å². The minimum atomic E-state index is 0.547. The van der Waals surface area contributed by atoms with Crippen molar-refractivity contribution in [3.8, 4) is 6.07 Å². The monoisotopic (exact) mass is 230 g/mol. The molecular weight excluding hydrogens is 212 g/mol. The average molecular weight is 230 g/mol. The van der Waals surface area contributed by atoms with Crippen LogP contribution in [0.5, 0.6) is 0 Å². The lowest BCUT2D eigenvalue weighted by molar-refractivity contribution is 0.371. The lowest BCUT2D eigenvalue weighted by Crippen LogP contribution is -2.37. The van der Waals surface area contributed by atoms with Crippen LogP contribution in [0.2, 0.25) is 0 Å². The Balaban J connectivity index is 2.12. The molecule has 1 fully saturated rings. The molecule has 1 aromatic heterocycles. The van der Waals surface area contributed by atoms with E-state index in [0.717, 1.165) is 18.9 Å². The van der Waals surface area contributed by atoms with Crippen molar-refractivity contribution in [2.45, 2.75) is 18.9 Å². The molecule has 0 bridgehead atoms. The Morgan fingerprint density at radius 1 is 1.53 bits per heavy atom. The molecule has 1 aliphatic rings. The van der Waals surface area contributed by atoms with Crippen molar-refractivity contribution < 1.29 is 0 Å². The van der Waals surface area contributed by atoms with E-state index in [1.54, 1.807) is 6.20 Å². The highest BCUT2D eigenvalue weighted by Gasteiger charge is 2.25. The minimum absolute atomic E-state index is 0.547. The van der Waals surface area contributed by atoms with Crippen LogP contribution in [0.4, 0.5) is 5.82 Å². The Kier molecular flexibility index (Phi) is 3.60. The average Bonchev–Trinajstić information content (AvgIpc) is 2.76. The fourth-order valence-electron chi connectivity index (χ4n) is 2.37. The van der Waals surface area contributed by atoms with Gasteiger partial charge >= 0.3 is 0 Å². The molecule has 0 spiro atoms. The lowest BCUT2D eigenvalue weighted by atomic mass is 10.2. The first-order chi connectivity index (χ1) is 8.20. The lowest BCUT2D eigenvalue weighted by Gasteiger charge is -2.28. The van der Waals surface area contributed by atoms with E-state index in [2.05, 4.69) is 34.9 Å². The zero-order valence-electron chi connectivity index (χ0n) is 10.4. The van der Waals surface area contributed by atoms with Gasteiger partial charge in [-0.25, -0.2) is 4.98 Å². The van der Waals surface area contributed by atoms with Gasteiger partial charge in [0.15, 0.2) is 0 Å². The van der Waals surface area contributed by atoms with Gasteiger partial charge in [0.25, 0.3) is 0 Å². The molecule has 1 unspecified atom stereocenters. The first kappa shape index (κ1) is 11.9. The van der Waals surface area contributed by atoms with Crippen molar-refractivity contribution in [1.82, 2.24) is 9.88 Å². The molecule has 1 aliphatic heterocycles. The summed E-state index contributed by atoms with van der Waals surface area (Å²) in [5, 5.41) is 8.75. The summed E-state index contributed by atoms with van der Waals surface area (Å²) in [5.74, 6) is 0.994. The number of anilines is 1. The summed E-state index contributed by atoms with van der Waals surface area (Å²) in [6, 6.07) is 6.44. The molecule has 0 aromatic carbocycles. The van der Waals surface area contributed by atoms with Crippen LogP contribution in [0.3, 0.4) is 0 Å². The van der Waals surface area contributed by atoms with E-state index in [1.165, 1.54) is 12.8 Å². The van der Waals surface area contributed by atoms with Crippen molar-refractivity contribution in [3.63, 3.8) is 0 Å². The van der Waals surface area contributed by atoms with Crippen LogP contribution in [-0.2, 0) is 0 Å². The zero-order chi connectivity index (χ0) is 12.3. The van der Waals surface area contributed by atoms with Gasteiger partial charge in [-0.1, -0.05) is 0 Å². The van der Waals surface area contributed by atoms with E-state index in [4.69, 9.17) is 5.26 Å². The fraction of sp³-hybridized carbons (Fsp3) is 0.538. The van der Waals surface area contributed by atoms with Crippen LogP contribution >= 0.6 is 0 Å². The third-order valence-corrected chi connectivity index (χ3v) is 3.12. The number of aromatic nitrogens is 1. The van der Waals surface area contributed by atoms with Crippen LogP contribution in [0, 0.1) is 11.3 Å². The van der Waals surface area contributed by atoms with Gasteiger partial charge in [-0.15, -0.1) is 0 Å².